The maximum absolute atomic E-state index is 12.1. The first-order valence-electron chi connectivity index (χ1n) is 16.7. The Bertz CT molecular complexity index is 687. The Morgan fingerprint density at radius 1 is 0.487 bits per heavy atom. The van der Waals surface area contributed by atoms with Crippen molar-refractivity contribution >= 4 is 5.97 Å². The lowest BCUT2D eigenvalue weighted by molar-refractivity contribution is 0.0599. The highest BCUT2D eigenvalue weighted by molar-refractivity contribution is 5.90. The van der Waals surface area contributed by atoms with E-state index in [9.17, 15) is 4.79 Å². The van der Waals surface area contributed by atoms with Crippen molar-refractivity contribution in [3.63, 3.8) is 0 Å². The second kappa shape index (κ2) is 26.5. The monoisotopic (exact) mass is 546 g/mol. The second-order valence-corrected chi connectivity index (χ2v) is 11.3. The van der Waals surface area contributed by atoms with Crippen LogP contribution in [0.25, 0.3) is 0 Å². The van der Waals surface area contributed by atoms with E-state index in [0.717, 1.165) is 12.8 Å². The van der Waals surface area contributed by atoms with E-state index < -0.39 is 0 Å². The Labute approximate surface area is 242 Å². The van der Waals surface area contributed by atoms with Crippen LogP contribution in [-0.4, -0.2) is 26.3 Å². The summed E-state index contributed by atoms with van der Waals surface area (Å²) in [7, 11) is 1.41. The molecule has 4 nitrogen and oxygen atoms in total. The number of carbonyl (C=O) groups is 1. The van der Waals surface area contributed by atoms with E-state index in [1.807, 2.05) is 6.07 Å². The van der Waals surface area contributed by atoms with Crippen LogP contribution in [0.15, 0.2) is 18.2 Å². The fourth-order valence-electron chi connectivity index (χ4n) is 5.06. The molecule has 0 unspecified atom stereocenters. The Morgan fingerprint density at radius 2 is 0.795 bits per heavy atom. The van der Waals surface area contributed by atoms with Crippen LogP contribution in [0.3, 0.4) is 0 Å². The number of carbonyl (C=O) groups excluding carboxylic acids is 1. The molecule has 0 aromatic heterocycles. The average molecular weight is 547 g/mol. The number of benzene rings is 1. The summed E-state index contributed by atoms with van der Waals surface area (Å²) >= 11 is 0. The van der Waals surface area contributed by atoms with Gasteiger partial charge in [0.1, 0.15) is 11.5 Å². The van der Waals surface area contributed by atoms with Crippen LogP contribution in [0.5, 0.6) is 11.5 Å². The number of ether oxygens (including phenoxy) is 3. The minimum atomic E-state index is -0.356. The molecule has 226 valence electrons. The van der Waals surface area contributed by atoms with Gasteiger partial charge in [0.25, 0.3) is 0 Å². The van der Waals surface area contributed by atoms with Crippen LogP contribution in [-0.2, 0) is 4.74 Å². The van der Waals surface area contributed by atoms with E-state index in [-0.39, 0.29) is 5.97 Å². The Morgan fingerprint density at radius 3 is 1.10 bits per heavy atom. The van der Waals surface area contributed by atoms with Gasteiger partial charge < -0.3 is 14.2 Å². The fraction of sp³-hybridized carbons (Fsp3) is 0.800. The number of rotatable bonds is 28. The van der Waals surface area contributed by atoms with Crippen molar-refractivity contribution in [1.82, 2.24) is 0 Å². The fourth-order valence-corrected chi connectivity index (χ4v) is 5.06. The largest absolute Gasteiger partial charge is 0.493 e. The maximum atomic E-state index is 12.1. The van der Waals surface area contributed by atoms with Gasteiger partial charge in [-0.2, -0.15) is 0 Å². The van der Waals surface area contributed by atoms with Crippen molar-refractivity contribution < 1.29 is 19.0 Å². The van der Waals surface area contributed by atoms with Crippen LogP contribution >= 0.6 is 0 Å². The van der Waals surface area contributed by atoms with E-state index in [4.69, 9.17) is 14.2 Å². The van der Waals surface area contributed by atoms with Gasteiger partial charge >= 0.3 is 5.97 Å². The molecule has 0 radical (unpaired) electrons. The van der Waals surface area contributed by atoms with Gasteiger partial charge in [-0.25, -0.2) is 4.79 Å². The van der Waals surface area contributed by atoms with E-state index in [1.165, 1.54) is 142 Å². The Hall–Kier alpha value is -1.71. The van der Waals surface area contributed by atoms with E-state index in [2.05, 4.69) is 13.8 Å². The Kier molecular flexibility index (Phi) is 24.0. The van der Waals surface area contributed by atoms with E-state index in [0.29, 0.717) is 30.3 Å². The molecule has 4 heteroatoms. The molecule has 0 aliphatic heterocycles. The summed E-state index contributed by atoms with van der Waals surface area (Å²) in [4.78, 5) is 12.1. The molecule has 1 aromatic carbocycles. The van der Waals surface area contributed by atoms with E-state index in [1.54, 1.807) is 12.1 Å². The molecule has 0 heterocycles. The molecule has 0 aliphatic carbocycles. The van der Waals surface area contributed by atoms with Crippen molar-refractivity contribution in [2.75, 3.05) is 20.3 Å². The number of esters is 1. The van der Waals surface area contributed by atoms with E-state index >= 15 is 0 Å². The molecule has 0 saturated carbocycles. The molecule has 0 saturated heterocycles. The first kappa shape index (κ1) is 35.3. The number of hydrogen-bond donors (Lipinski definition) is 0. The molecule has 39 heavy (non-hydrogen) atoms. The molecule has 0 amide bonds. The summed E-state index contributed by atoms with van der Waals surface area (Å²) < 4.78 is 16.9. The molecule has 0 spiro atoms. The highest BCUT2D eigenvalue weighted by Gasteiger charge is 2.11. The molecule has 0 N–H and O–H groups in total. The third-order valence-electron chi connectivity index (χ3n) is 7.58. The van der Waals surface area contributed by atoms with Crippen LogP contribution in [0.4, 0.5) is 0 Å². The Balaban J connectivity index is 2.18. The SMILES string of the molecule is CCCCCCCCCCCCCCOc1cc(OCCCCCCCCCCCCC)cc(C(=O)OC)c1. The lowest BCUT2D eigenvalue weighted by atomic mass is 10.1. The van der Waals surface area contributed by atoms with Crippen LogP contribution in [0.1, 0.15) is 172 Å². The van der Waals surface area contributed by atoms with Gasteiger partial charge in [-0.15, -0.1) is 0 Å². The standard InChI is InChI=1S/C35H62O4/c1-4-6-8-10-12-14-16-18-20-22-24-26-28-39-34-30-32(35(36)37-3)29-33(31-34)38-27-25-23-21-19-17-15-13-11-9-7-5-2/h29-31H,4-28H2,1-3H3. The predicted octanol–water partition coefficient (Wildman–Crippen LogP) is 11.2. The summed E-state index contributed by atoms with van der Waals surface area (Å²) in [5.41, 5.74) is 0.485. The van der Waals surface area contributed by atoms with Gasteiger partial charge in [-0.3, -0.25) is 0 Å². The van der Waals surface area contributed by atoms with Crippen molar-refractivity contribution in [3.05, 3.63) is 23.8 Å². The summed E-state index contributed by atoms with van der Waals surface area (Å²) in [5, 5.41) is 0. The first-order chi connectivity index (χ1) is 19.2. The highest BCUT2D eigenvalue weighted by atomic mass is 16.5. The van der Waals surface area contributed by atoms with Gasteiger partial charge in [0.2, 0.25) is 0 Å². The van der Waals surface area contributed by atoms with Crippen LogP contribution < -0.4 is 9.47 Å². The summed E-state index contributed by atoms with van der Waals surface area (Å²) in [5.74, 6) is 1.02. The summed E-state index contributed by atoms with van der Waals surface area (Å²) in [6, 6.07) is 5.44. The smallest absolute Gasteiger partial charge is 0.338 e. The molecule has 0 fully saturated rings. The molecular weight excluding hydrogens is 484 g/mol. The molecule has 1 aromatic rings. The first-order valence-corrected chi connectivity index (χ1v) is 16.7. The van der Waals surface area contributed by atoms with Gasteiger partial charge in [-0.1, -0.05) is 149 Å². The van der Waals surface area contributed by atoms with Crippen LogP contribution in [0.2, 0.25) is 0 Å². The molecule has 0 atom stereocenters. The molecular formula is C35H62O4. The molecule has 1 rings (SSSR count). The maximum Gasteiger partial charge on any atom is 0.338 e. The number of unbranched alkanes of at least 4 members (excludes halogenated alkanes) is 21. The summed E-state index contributed by atoms with van der Waals surface area (Å²) in [6.45, 7) is 5.88. The zero-order valence-electron chi connectivity index (χ0n) is 26.0. The second-order valence-electron chi connectivity index (χ2n) is 11.3. The zero-order valence-corrected chi connectivity index (χ0v) is 26.0. The average Bonchev–Trinajstić information content (AvgIpc) is 2.95. The van der Waals surface area contributed by atoms with Gasteiger partial charge in [0.15, 0.2) is 0 Å². The predicted molar refractivity (Wildman–Crippen MR) is 166 cm³/mol. The van der Waals surface area contributed by atoms with Gasteiger partial charge in [0, 0.05) is 6.07 Å². The lowest BCUT2D eigenvalue weighted by Gasteiger charge is -2.12. The van der Waals surface area contributed by atoms with Crippen molar-refractivity contribution in [1.29, 1.82) is 0 Å². The minimum absolute atomic E-state index is 0.356. The molecule has 0 bridgehead atoms. The highest BCUT2D eigenvalue weighted by Crippen LogP contribution is 2.24. The summed E-state index contributed by atoms with van der Waals surface area (Å²) in [6.07, 6.45) is 30.4. The zero-order chi connectivity index (χ0) is 28.2. The number of hydrogen-bond acceptors (Lipinski definition) is 4. The van der Waals surface area contributed by atoms with Crippen molar-refractivity contribution in [3.8, 4) is 11.5 Å². The number of methoxy groups -OCH3 is 1. The van der Waals surface area contributed by atoms with Gasteiger partial charge in [0.05, 0.1) is 25.9 Å². The third-order valence-corrected chi connectivity index (χ3v) is 7.58. The van der Waals surface area contributed by atoms with Crippen molar-refractivity contribution in [2.24, 2.45) is 0 Å². The minimum Gasteiger partial charge on any atom is -0.493 e. The third kappa shape index (κ3) is 20.8. The lowest BCUT2D eigenvalue weighted by Crippen LogP contribution is -2.05. The van der Waals surface area contributed by atoms with Crippen LogP contribution in [0, 0.1) is 0 Å². The van der Waals surface area contributed by atoms with Crippen molar-refractivity contribution in [2.45, 2.75) is 162 Å². The van der Waals surface area contributed by atoms with Gasteiger partial charge in [-0.05, 0) is 25.0 Å². The normalized spacial score (nSPS) is 11.1. The molecule has 0 aliphatic rings. The quantitative estimate of drug-likeness (QED) is 0.0774. The topological polar surface area (TPSA) is 44.8 Å².